The van der Waals surface area contributed by atoms with Crippen LogP contribution >= 0.6 is 0 Å². The SMILES string of the molecule is CC(C)CN(C[C@@H](O)[C@H](Cc1ccccc1)NC(=O)CN[C@@H]1CCOC1)S(=O)(=O)c1ccc(CO)cc1. The summed E-state index contributed by atoms with van der Waals surface area (Å²) in [6, 6.07) is 14.9. The minimum atomic E-state index is -3.92. The van der Waals surface area contributed by atoms with Crippen molar-refractivity contribution in [1.82, 2.24) is 14.9 Å². The predicted molar refractivity (Wildman–Crippen MR) is 141 cm³/mol. The fourth-order valence-corrected chi connectivity index (χ4v) is 5.89. The highest BCUT2D eigenvalue weighted by Crippen LogP contribution is 2.20. The molecule has 0 unspecified atom stereocenters. The Kier molecular flexibility index (Phi) is 11.0. The highest BCUT2D eigenvalue weighted by Gasteiger charge is 2.31. The number of sulfonamides is 1. The summed E-state index contributed by atoms with van der Waals surface area (Å²) >= 11 is 0. The van der Waals surface area contributed by atoms with E-state index in [1.807, 2.05) is 44.2 Å². The number of nitrogens with zero attached hydrogens (tertiary/aromatic N) is 1. The lowest BCUT2D eigenvalue weighted by molar-refractivity contribution is -0.122. The number of rotatable bonds is 14. The lowest BCUT2D eigenvalue weighted by Crippen LogP contribution is -2.53. The van der Waals surface area contributed by atoms with Crippen molar-refractivity contribution >= 4 is 15.9 Å². The summed E-state index contributed by atoms with van der Waals surface area (Å²) in [4.78, 5) is 12.9. The van der Waals surface area contributed by atoms with E-state index in [9.17, 15) is 23.4 Å². The van der Waals surface area contributed by atoms with Crippen LogP contribution < -0.4 is 10.6 Å². The minimum Gasteiger partial charge on any atom is -0.392 e. The fraction of sp³-hybridized carbons (Fsp3) is 0.519. The average Bonchev–Trinajstić information content (AvgIpc) is 3.41. The van der Waals surface area contributed by atoms with E-state index in [0.29, 0.717) is 25.2 Å². The maximum Gasteiger partial charge on any atom is 0.243 e. The lowest BCUT2D eigenvalue weighted by Gasteiger charge is -2.31. The van der Waals surface area contributed by atoms with Gasteiger partial charge in [-0.05, 0) is 42.0 Å². The molecule has 10 heteroatoms. The van der Waals surface area contributed by atoms with Crippen molar-refractivity contribution in [2.75, 3.05) is 32.8 Å². The van der Waals surface area contributed by atoms with E-state index in [1.54, 1.807) is 12.1 Å². The zero-order valence-corrected chi connectivity index (χ0v) is 22.4. The Morgan fingerprint density at radius 1 is 1.08 bits per heavy atom. The standard InChI is InChI=1S/C27H39N3O6S/c1-20(2)16-30(37(34,35)24-10-8-22(18-31)9-11-24)17-26(32)25(14-21-6-4-3-5-7-21)29-27(33)15-28-23-12-13-36-19-23/h3-11,20,23,25-26,28,31-32H,12-19H2,1-2H3,(H,29,33)/t23-,25+,26-/m1/s1. The van der Waals surface area contributed by atoms with Crippen LogP contribution in [0.1, 0.15) is 31.4 Å². The number of hydrogen-bond acceptors (Lipinski definition) is 7. The van der Waals surface area contributed by atoms with Gasteiger partial charge >= 0.3 is 0 Å². The smallest absolute Gasteiger partial charge is 0.243 e. The van der Waals surface area contributed by atoms with E-state index in [1.165, 1.54) is 16.4 Å². The Hall–Kier alpha value is -2.34. The second kappa shape index (κ2) is 14.0. The van der Waals surface area contributed by atoms with E-state index < -0.39 is 22.2 Å². The summed E-state index contributed by atoms with van der Waals surface area (Å²) in [5.41, 5.74) is 1.53. The van der Waals surface area contributed by atoms with Gasteiger partial charge in [-0.2, -0.15) is 4.31 Å². The molecule has 2 aromatic carbocycles. The molecular weight excluding hydrogens is 494 g/mol. The third-order valence-electron chi connectivity index (χ3n) is 6.29. The van der Waals surface area contributed by atoms with Crippen LogP contribution in [0.4, 0.5) is 0 Å². The topological polar surface area (TPSA) is 128 Å². The van der Waals surface area contributed by atoms with E-state index >= 15 is 0 Å². The molecule has 9 nitrogen and oxygen atoms in total. The molecule has 204 valence electrons. The molecule has 0 saturated carbocycles. The van der Waals surface area contributed by atoms with E-state index in [0.717, 1.165) is 12.0 Å². The molecule has 0 spiro atoms. The van der Waals surface area contributed by atoms with Crippen molar-refractivity contribution in [3.05, 3.63) is 65.7 Å². The lowest BCUT2D eigenvalue weighted by atomic mass is 10.0. The molecule has 37 heavy (non-hydrogen) atoms. The van der Waals surface area contributed by atoms with Gasteiger partial charge in [-0.25, -0.2) is 8.42 Å². The summed E-state index contributed by atoms with van der Waals surface area (Å²) in [6.07, 6.45) is 0.0373. The molecule has 3 atom stereocenters. The predicted octanol–water partition coefficient (Wildman–Crippen LogP) is 1.29. The Morgan fingerprint density at radius 2 is 1.78 bits per heavy atom. The number of hydrogen-bond donors (Lipinski definition) is 4. The molecule has 1 heterocycles. The van der Waals surface area contributed by atoms with Crippen LogP contribution in [0.2, 0.25) is 0 Å². The van der Waals surface area contributed by atoms with Gasteiger partial charge in [-0.1, -0.05) is 56.3 Å². The van der Waals surface area contributed by atoms with Gasteiger partial charge in [0.25, 0.3) is 0 Å². The molecule has 0 radical (unpaired) electrons. The second-order valence-corrected chi connectivity index (χ2v) is 11.8. The Morgan fingerprint density at radius 3 is 2.38 bits per heavy atom. The monoisotopic (exact) mass is 533 g/mol. The Bertz CT molecular complexity index is 1070. The van der Waals surface area contributed by atoms with E-state index in [4.69, 9.17) is 4.74 Å². The first-order valence-electron chi connectivity index (χ1n) is 12.7. The summed E-state index contributed by atoms with van der Waals surface area (Å²) in [5.74, 6) is -0.261. The first kappa shape index (κ1) is 29.2. The zero-order valence-electron chi connectivity index (χ0n) is 21.5. The van der Waals surface area contributed by atoms with Crippen LogP contribution in [0, 0.1) is 5.92 Å². The molecule has 4 N–H and O–H groups in total. The molecule has 0 aliphatic carbocycles. The molecule has 0 aromatic heterocycles. The highest BCUT2D eigenvalue weighted by atomic mass is 32.2. The molecule has 0 bridgehead atoms. The number of ether oxygens (including phenoxy) is 1. The van der Waals surface area contributed by atoms with Crippen molar-refractivity contribution in [1.29, 1.82) is 0 Å². The van der Waals surface area contributed by atoms with Crippen molar-refractivity contribution in [3.8, 4) is 0 Å². The zero-order chi connectivity index (χ0) is 26.8. The first-order valence-corrected chi connectivity index (χ1v) is 14.2. The van der Waals surface area contributed by atoms with E-state index in [-0.39, 0.29) is 49.0 Å². The second-order valence-electron chi connectivity index (χ2n) is 9.89. The number of nitrogens with one attached hydrogen (secondary N) is 2. The van der Waals surface area contributed by atoms with Crippen molar-refractivity contribution in [3.63, 3.8) is 0 Å². The van der Waals surface area contributed by atoms with Crippen LogP contribution in [-0.4, -0.2) is 79.9 Å². The summed E-state index contributed by atoms with van der Waals surface area (Å²) in [6.45, 7) is 4.97. The largest absolute Gasteiger partial charge is 0.392 e. The van der Waals surface area contributed by atoms with E-state index in [2.05, 4.69) is 10.6 Å². The summed E-state index contributed by atoms with van der Waals surface area (Å²) in [5, 5.41) is 26.7. The van der Waals surface area contributed by atoms with Crippen LogP contribution in [0.5, 0.6) is 0 Å². The Labute approximate surface area is 219 Å². The van der Waals surface area contributed by atoms with Gasteiger partial charge in [0, 0.05) is 25.7 Å². The van der Waals surface area contributed by atoms with Crippen LogP contribution in [0.25, 0.3) is 0 Å². The van der Waals surface area contributed by atoms with Crippen molar-refractivity contribution in [2.45, 2.75) is 56.4 Å². The van der Waals surface area contributed by atoms with Crippen LogP contribution in [0.3, 0.4) is 0 Å². The van der Waals surface area contributed by atoms with Crippen LogP contribution in [-0.2, 0) is 32.6 Å². The van der Waals surface area contributed by atoms with Crippen molar-refractivity contribution < 1.29 is 28.2 Å². The van der Waals surface area contributed by atoms with Crippen LogP contribution in [0.15, 0.2) is 59.5 Å². The van der Waals surface area contributed by atoms with Crippen molar-refractivity contribution in [2.24, 2.45) is 5.92 Å². The maximum atomic E-state index is 13.5. The van der Waals surface area contributed by atoms with Gasteiger partial charge in [0.05, 0.1) is 36.8 Å². The third-order valence-corrected chi connectivity index (χ3v) is 8.14. The summed E-state index contributed by atoms with van der Waals surface area (Å²) < 4.78 is 33.6. The molecule has 1 aliphatic heterocycles. The number of aliphatic hydroxyl groups is 2. The van der Waals surface area contributed by atoms with Gasteiger partial charge < -0.3 is 25.6 Å². The third kappa shape index (κ3) is 8.87. The van der Waals surface area contributed by atoms with Gasteiger partial charge in [0.15, 0.2) is 0 Å². The molecule has 1 fully saturated rings. The van der Waals surface area contributed by atoms with Gasteiger partial charge in [-0.15, -0.1) is 0 Å². The summed E-state index contributed by atoms with van der Waals surface area (Å²) in [7, 11) is -3.92. The maximum absolute atomic E-state index is 13.5. The number of benzene rings is 2. The number of carbonyl (C=O) groups is 1. The molecule has 1 amide bonds. The number of amides is 1. The number of carbonyl (C=O) groups excluding carboxylic acids is 1. The normalized spacial score (nSPS) is 17.7. The van der Waals surface area contributed by atoms with Gasteiger partial charge in [-0.3, -0.25) is 4.79 Å². The minimum absolute atomic E-state index is 0.0127. The molecular formula is C27H39N3O6S. The van der Waals surface area contributed by atoms with Gasteiger partial charge in [0.2, 0.25) is 15.9 Å². The molecule has 1 aliphatic rings. The van der Waals surface area contributed by atoms with Gasteiger partial charge in [0.1, 0.15) is 0 Å². The molecule has 3 rings (SSSR count). The number of aliphatic hydroxyl groups excluding tert-OH is 2. The Balaban J connectivity index is 1.77. The molecule has 1 saturated heterocycles. The quantitative estimate of drug-likeness (QED) is 0.288. The fourth-order valence-electron chi connectivity index (χ4n) is 4.27. The first-order chi connectivity index (χ1) is 17.7. The average molecular weight is 534 g/mol. The molecule has 2 aromatic rings. The highest BCUT2D eigenvalue weighted by molar-refractivity contribution is 7.89.